The first-order chi connectivity index (χ1) is 7.27. The van der Waals surface area contributed by atoms with E-state index in [9.17, 15) is 4.79 Å². The summed E-state index contributed by atoms with van der Waals surface area (Å²) in [5, 5.41) is 6.43. The molecule has 3 nitrogen and oxygen atoms in total. The van der Waals surface area contributed by atoms with Crippen molar-refractivity contribution in [2.45, 2.75) is 32.2 Å². The third-order valence-corrected chi connectivity index (χ3v) is 3.47. The van der Waals surface area contributed by atoms with Crippen molar-refractivity contribution < 1.29 is 4.79 Å². The lowest BCUT2D eigenvalue weighted by Gasteiger charge is -2.22. The first kappa shape index (κ1) is 10.7. The van der Waals surface area contributed by atoms with Gasteiger partial charge in [0.15, 0.2) is 0 Å². The van der Waals surface area contributed by atoms with E-state index in [1.807, 2.05) is 0 Å². The maximum Gasteiger partial charge on any atom is 0.224 e. The van der Waals surface area contributed by atoms with Crippen LogP contribution in [0.1, 0.15) is 26.2 Å². The molecule has 1 saturated heterocycles. The van der Waals surface area contributed by atoms with E-state index in [4.69, 9.17) is 0 Å². The maximum atomic E-state index is 11.9. The molecule has 1 unspecified atom stereocenters. The monoisotopic (exact) mass is 208 g/mol. The Labute approximate surface area is 91.3 Å². The molecular formula is C12H20N2O. The first-order valence-corrected chi connectivity index (χ1v) is 5.93. The molecule has 1 heterocycles. The number of rotatable bonds is 2. The number of amides is 1. The van der Waals surface area contributed by atoms with Crippen LogP contribution in [0.2, 0.25) is 0 Å². The lowest BCUT2D eigenvalue weighted by atomic mass is 9.95. The lowest BCUT2D eigenvalue weighted by molar-refractivity contribution is -0.126. The third-order valence-electron chi connectivity index (χ3n) is 3.47. The summed E-state index contributed by atoms with van der Waals surface area (Å²) in [5.74, 6) is 0.896. The van der Waals surface area contributed by atoms with Gasteiger partial charge < -0.3 is 10.6 Å². The SMILES string of the molecule is C[C@@H]1CNC[C@H]1C(=O)NC1CC=CCC1. The Morgan fingerprint density at radius 1 is 1.40 bits per heavy atom. The number of hydrogen-bond acceptors (Lipinski definition) is 2. The van der Waals surface area contributed by atoms with Crippen molar-refractivity contribution in [1.82, 2.24) is 10.6 Å². The zero-order valence-corrected chi connectivity index (χ0v) is 9.33. The summed E-state index contributed by atoms with van der Waals surface area (Å²) in [4.78, 5) is 11.9. The first-order valence-electron chi connectivity index (χ1n) is 5.93. The van der Waals surface area contributed by atoms with Crippen molar-refractivity contribution >= 4 is 5.91 Å². The molecule has 15 heavy (non-hydrogen) atoms. The van der Waals surface area contributed by atoms with E-state index in [1.54, 1.807) is 0 Å². The minimum absolute atomic E-state index is 0.177. The number of carbonyl (C=O) groups excluding carboxylic acids is 1. The molecule has 1 fully saturated rings. The van der Waals surface area contributed by atoms with Crippen LogP contribution in [-0.2, 0) is 4.79 Å². The van der Waals surface area contributed by atoms with E-state index in [0.717, 1.165) is 32.4 Å². The second kappa shape index (κ2) is 4.79. The largest absolute Gasteiger partial charge is 0.353 e. The molecule has 3 heteroatoms. The third kappa shape index (κ3) is 2.59. The highest BCUT2D eigenvalue weighted by Crippen LogP contribution is 2.17. The Balaban J connectivity index is 1.83. The van der Waals surface area contributed by atoms with E-state index in [1.165, 1.54) is 0 Å². The van der Waals surface area contributed by atoms with Gasteiger partial charge in [-0.2, -0.15) is 0 Å². The Bertz CT molecular complexity index is 262. The quantitative estimate of drug-likeness (QED) is 0.666. The van der Waals surface area contributed by atoms with Crippen molar-refractivity contribution in [2.75, 3.05) is 13.1 Å². The molecule has 2 rings (SSSR count). The molecule has 0 spiro atoms. The van der Waals surface area contributed by atoms with Crippen LogP contribution >= 0.6 is 0 Å². The van der Waals surface area contributed by atoms with Crippen LogP contribution in [0.25, 0.3) is 0 Å². The molecule has 1 aliphatic heterocycles. The summed E-state index contributed by atoms with van der Waals surface area (Å²) >= 11 is 0. The second-order valence-corrected chi connectivity index (χ2v) is 4.73. The van der Waals surface area contributed by atoms with Crippen molar-refractivity contribution in [3.05, 3.63) is 12.2 Å². The van der Waals surface area contributed by atoms with Crippen LogP contribution in [-0.4, -0.2) is 25.0 Å². The Morgan fingerprint density at radius 3 is 2.87 bits per heavy atom. The number of carbonyl (C=O) groups is 1. The summed E-state index contributed by atoms with van der Waals surface area (Å²) < 4.78 is 0. The van der Waals surface area contributed by atoms with Crippen LogP contribution in [0.15, 0.2) is 12.2 Å². The van der Waals surface area contributed by atoms with Gasteiger partial charge in [0.25, 0.3) is 0 Å². The van der Waals surface area contributed by atoms with Crippen LogP contribution in [0, 0.1) is 11.8 Å². The molecule has 0 saturated carbocycles. The molecule has 84 valence electrons. The normalized spacial score (nSPS) is 35.4. The van der Waals surface area contributed by atoms with E-state index < -0.39 is 0 Å². The minimum atomic E-state index is 0.177. The van der Waals surface area contributed by atoms with Gasteiger partial charge in [-0.25, -0.2) is 0 Å². The Hall–Kier alpha value is -0.830. The number of allylic oxidation sites excluding steroid dienone is 1. The highest BCUT2D eigenvalue weighted by Gasteiger charge is 2.30. The van der Waals surface area contributed by atoms with Crippen molar-refractivity contribution in [2.24, 2.45) is 11.8 Å². The Kier molecular flexibility index (Phi) is 3.41. The van der Waals surface area contributed by atoms with Crippen molar-refractivity contribution in [1.29, 1.82) is 0 Å². The minimum Gasteiger partial charge on any atom is -0.353 e. The summed E-state index contributed by atoms with van der Waals surface area (Å²) in [6, 6.07) is 0.371. The van der Waals surface area contributed by atoms with Gasteiger partial charge in [-0.05, 0) is 31.7 Å². The molecule has 2 N–H and O–H groups in total. The fraction of sp³-hybridized carbons (Fsp3) is 0.750. The molecule has 1 aliphatic carbocycles. The average molecular weight is 208 g/mol. The van der Waals surface area contributed by atoms with Gasteiger partial charge in [0.2, 0.25) is 5.91 Å². The van der Waals surface area contributed by atoms with Crippen LogP contribution in [0.5, 0.6) is 0 Å². The molecule has 0 aromatic rings. The zero-order chi connectivity index (χ0) is 10.7. The average Bonchev–Trinajstić information content (AvgIpc) is 2.66. The maximum absolute atomic E-state index is 11.9. The van der Waals surface area contributed by atoms with Gasteiger partial charge in [-0.3, -0.25) is 4.79 Å². The van der Waals surface area contributed by atoms with Crippen LogP contribution in [0.4, 0.5) is 0 Å². The summed E-state index contributed by atoms with van der Waals surface area (Å²) in [5.41, 5.74) is 0. The summed E-state index contributed by atoms with van der Waals surface area (Å²) in [6.45, 7) is 3.96. The number of hydrogen-bond donors (Lipinski definition) is 2. The highest BCUT2D eigenvalue weighted by atomic mass is 16.2. The molecule has 2 aliphatic rings. The van der Waals surface area contributed by atoms with Crippen LogP contribution in [0.3, 0.4) is 0 Å². The molecular weight excluding hydrogens is 188 g/mol. The van der Waals surface area contributed by atoms with Crippen molar-refractivity contribution in [3.63, 3.8) is 0 Å². The van der Waals surface area contributed by atoms with Gasteiger partial charge in [-0.15, -0.1) is 0 Å². The van der Waals surface area contributed by atoms with E-state index in [0.29, 0.717) is 12.0 Å². The van der Waals surface area contributed by atoms with Gasteiger partial charge in [0, 0.05) is 12.6 Å². The highest BCUT2D eigenvalue weighted by molar-refractivity contribution is 5.79. The van der Waals surface area contributed by atoms with E-state index in [-0.39, 0.29) is 11.8 Å². The van der Waals surface area contributed by atoms with Gasteiger partial charge in [0.1, 0.15) is 0 Å². The standard InChI is InChI=1S/C12H20N2O/c1-9-7-13-8-11(9)12(15)14-10-5-3-2-4-6-10/h2-3,9-11,13H,4-8H2,1H3,(H,14,15)/t9-,10?,11-/m1/s1. The fourth-order valence-corrected chi connectivity index (χ4v) is 2.39. The molecule has 3 atom stereocenters. The van der Waals surface area contributed by atoms with Gasteiger partial charge in [-0.1, -0.05) is 19.1 Å². The van der Waals surface area contributed by atoms with Gasteiger partial charge in [0.05, 0.1) is 5.92 Å². The predicted molar refractivity (Wildman–Crippen MR) is 60.4 cm³/mol. The fourth-order valence-electron chi connectivity index (χ4n) is 2.39. The lowest BCUT2D eigenvalue weighted by Crippen LogP contribution is -2.41. The van der Waals surface area contributed by atoms with Gasteiger partial charge >= 0.3 is 0 Å². The number of nitrogens with one attached hydrogen (secondary N) is 2. The van der Waals surface area contributed by atoms with E-state index in [2.05, 4.69) is 29.7 Å². The summed E-state index contributed by atoms with van der Waals surface area (Å²) in [7, 11) is 0. The topological polar surface area (TPSA) is 41.1 Å². The smallest absolute Gasteiger partial charge is 0.224 e. The van der Waals surface area contributed by atoms with Crippen molar-refractivity contribution in [3.8, 4) is 0 Å². The second-order valence-electron chi connectivity index (χ2n) is 4.73. The van der Waals surface area contributed by atoms with E-state index >= 15 is 0 Å². The Morgan fingerprint density at radius 2 is 2.27 bits per heavy atom. The molecule has 0 aromatic carbocycles. The molecule has 0 aromatic heterocycles. The zero-order valence-electron chi connectivity index (χ0n) is 9.33. The molecule has 0 radical (unpaired) electrons. The predicted octanol–water partition coefficient (Wildman–Crippen LogP) is 1.07. The molecule has 0 bridgehead atoms. The summed E-state index contributed by atoms with van der Waals surface area (Å²) in [6.07, 6.45) is 7.56. The van der Waals surface area contributed by atoms with Crippen LogP contribution < -0.4 is 10.6 Å². The molecule has 1 amide bonds.